The van der Waals surface area contributed by atoms with Crippen LogP contribution in [0.5, 0.6) is 0 Å². The quantitative estimate of drug-likeness (QED) is 0.309. The molecule has 3 heterocycles. The Morgan fingerprint density at radius 2 is 1.77 bits per heavy atom. The summed E-state index contributed by atoms with van der Waals surface area (Å²) in [4.78, 5) is 18.4. The zero-order valence-corrected chi connectivity index (χ0v) is 19.6. The molecule has 0 bridgehead atoms. The minimum absolute atomic E-state index is 0.0250. The summed E-state index contributed by atoms with van der Waals surface area (Å²) in [5.74, 6) is 0.486. The van der Waals surface area contributed by atoms with Gasteiger partial charge < -0.3 is 10.4 Å². The summed E-state index contributed by atoms with van der Waals surface area (Å²) in [6.07, 6.45) is 9.52. The number of hydrogen-bond donors (Lipinski definition) is 2. The summed E-state index contributed by atoms with van der Waals surface area (Å²) in [5, 5.41) is 13.7. The Hall–Kier alpha value is -4.42. The Kier molecular flexibility index (Phi) is 6.28. The number of benzene rings is 2. The van der Waals surface area contributed by atoms with Gasteiger partial charge in [-0.3, -0.25) is 9.97 Å². The van der Waals surface area contributed by atoms with Crippen LogP contribution in [0.1, 0.15) is 23.7 Å². The molecule has 6 nitrogen and oxygen atoms in total. The monoisotopic (exact) mass is 459 g/mol. The van der Waals surface area contributed by atoms with Crippen molar-refractivity contribution in [2.45, 2.75) is 20.5 Å². The van der Waals surface area contributed by atoms with E-state index in [1.165, 1.54) is 0 Å². The number of aliphatic hydroxyl groups is 1. The molecular formula is C29H25N5O. The number of anilines is 2. The number of hydrogen-bond acceptors (Lipinski definition) is 6. The van der Waals surface area contributed by atoms with Gasteiger partial charge in [-0.2, -0.15) is 0 Å². The lowest BCUT2D eigenvalue weighted by Gasteiger charge is -2.13. The molecular weight excluding hydrogens is 434 g/mol. The zero-order valence-electron chi connectivity index (χ0n) is 19.6. The first-order chi connectivity index (χ1) is 17.1. The molecule has 2 aromatic carbocycles. The largest absolute Gasteiger partial charge is 0.392 e. The van der Waals surface area contributed by atoms with Crippen molar-refractivity contribution in [1.82, 2.24) is 19.9 Å². The van der Waals surface area contributed by atoms with E-state index in [4.69, 9.17) is 9.97 Å². The second-order valence-electron chi connectivity index (χ2n) is 8.25. The summed E-state index contributed by atoms with van der Waals surface area (Å²) in [6.45, 7) is 3.99. The van der Waals surface area contributed by atoms with Crippen molar-refractivity contribution < 1.29 is 5.11 Å². The van der Waals surface area contributed by atoms with Crippen LogP contribution in [-0.4, -0.2) is 25.0 Å². The molecule has 3 aromatic heterocycles. The molecule has 0 unspecified atom stereocenters. The van der Waals surface area contributed by atoms with Crippen molar-refractivity contribution in [3.8, 4) is 22.4 Å². The van der Waals surface area contributed by atoms with E-state index >= 15 is 0 Å². The van der Waals surface area contributed by atoms with Gasteiger partial charge in [0.25, 0.3) is 0 Å². The molecule has 0 amide bonds. The number of fused-ring (bicyclic) bond motifs is 1. The molecule has 6 heteroatoms. The molecule has 0 aliphatic heterocycles. The molecule has 0 radical (unpaired) electrons. The summed E-state index contributed by atoms with van der Waals surface area (Å²) in [7, 11) is 0. The molecule has 0 saturated heterocycles. The van der Waals surface area contributed by atoms with E-state index in [2.05, 4.69) is 39.6 Å². The Morgan fingerprint density at radius 1 is 0.914 bits per heavy atom. The molecule has 2 N–H and O–H groups in total. The molecule has 0 spiro atoms. The van der Waals surface area contributed by atoms with Crippen molar-refractivity contribution in [3.05, 3.63) is 102 Å². The van der Waals surface area contributed by atoms with Crippen LogP contribution in [-0.2, 0) is 6.61 Å². The fourth-order valence-corrected chi connectivity index (χ4v) is 4.03. The SMILES string of the molecule is C/C=C\c1cc(-c2ccc3nc(Nc4cccc(CO)c4)nc(-c4ccncc4)c3c2)cnc1C. The summed E-state index contributed by atoms with van der Waals surface area (Å²) < 4.78 is 0. The lowest BCUT2D eigenvalue weighted by molar-refractivity contribution is 0.282. The van der Waals surface area contributed by atoms with Crippen LogP contribution in [0, 0.1) is 6.92 Å². The Morgan fingerprint density at radius 3 is 2.57 bits per heavy atom. The Bertz CT molecular complexity index is 1530. The molecule has 0 saturated carbocycles. The van der Waals surface area contributed by atoms with Gasteiger partial charge in [-0.25, -0.2) is 9.97 Å². The Labute approximate surface area is 204 Å². The van der Waals surface area contributed by atoms with Crippen LogP contribution in [0.25, 0.3) is 39.4 Å². The molecule has 172 valence electrons. The van der Waals surface area contributed by atoms with Crippen molar-refractivity contribution in [2.24, 2.45) is 0 Å². The number of allylic oxidation sites excluding steroid dienone is 1. The van der Waals surface area contributed by atoms with Crippen molar-refractivity contribution in [1.29, 1.82) is 0 Å². The van der Waals surface area contributed by atoms with E-state index in [1.54, 1.807) is 12.4 Å². The lowest BCUT2D eigenvalue weighted by atomic mass is 10.00. The van der Waals surface area contributed by atoms with Gasteiger partial charge in [0.15, 0.2) is 0 Å². The van der Waals surface area contributed by atoms with Crippen LogP contribution in [0.2, 0.25) is 0 Å². The van der Waals surface area contributed by atoms with Gasteiger partial charge in [-0.1, -0.05) is 30.4 Å². The maximum atomic E-state index is 9.47. The third-order valence-corrected chi connectivity index (χ3v) is 5.82. The van der Waals surface area contributed by atoms with Crippen LogP contribution < -0.4 is 5.32 Å². The van der Waals surface area contributed by atoms with E-state index in [-0.39, 0.29) is 6.61 Å². The van der Waals surface area contributed by atoms with Crippen LogP contribution in [0.15, 0.2) is 85.3 Å². The number of aromatic nitrogens is 4. The van der Waals surface area contributed by atoms with Gasteiger partial charge in [0.1, 0.15) is 0 Å². The molecule has 0 aliphatic carbocycles. The molecule has 35 heavy (non-hydrogen) atoms. The maximum absolute atomic E-state index is 9.47. The zero-order chi connectivity index (χ0) is 24.2. The number of nitrogens with one attached hydrogen (secondary N) is 1. The van der Waals surface area contributed by atoms with Gasteiger partial charge >= 0.3 is 0 Å². The fraction of sp³-hybridized carbons (Fsp3) is 0.103. The molecule has 5 aromatic rings. The predicted octanol–water partition coefficient (Wildman–Crippen LogP) is 6.33. The van der Waals surface area contributed by atoms with E-state index in [9.17, 15) is 5.11 Å². The Balaban J connectivity index is 1.64. The summed E-state index contributed by atoms with van der Waals surface area (Å²) >= 11 is 0. The second kappa shape index (κ2) is 9.83. The first-order valence-electron chi connectivity index (χ1n) is 11.4. The summed E-state index contributed by atoms with van der Waals surface area (Å²) in [6, 6.07) is 19.8. The van der Waals surface area contributed by atoms with Crippen LogP contribution in [0.4, 0.5) is 11.6 Å². The van der Waals surface area contributed by atoms with Crippen LogP contribution in [0.3, 0.4) is 0 Å². The van der Waals surface area contributed by atoms with Crippen LogP contribution >= 0.6 is 0 Å². The average molecular weight is 460 g/mol. The van der Waals surface area contributed by atoms with E-state index in [0.717, 1.165) is 55.8 Å². The van der Waals surface area contributed by atoms with Gasteiger partial charge in [0.2, 0.25) is 5.95 Å². The van der Waals surface area contributed by atoms with Gasteiger partial charge in [-0.15, -0.1) is 0 Å². The molecule has 5 rings (SSSR count). The number of nitrogens with zero attached hydrogens (tertiary/aromatic N) is 4. The summed E-state index contributed by atoms with van der Waals surface area (Å²) in [5.41, 5.74) is 8.40. The van der Waals surface area contributed by atoms with E-state index in [1.807, 2.05) is 68.6 Å². The topological polar surface area (TPSA) is 83.8 Å². The highest BCUT2D eigenvalue weighted by Gasteiger charge is 2.13. The van der Waals surface area contributed by atoms with Crippen molar-refractivity contribution in [2.75, 3.05) is 5.32 Å². The van der Waals surface area contributed by atoms with Gasteiger partial charge in [-0.05, 0) is 73.0 Å². The molecule has 0 fully saturated rings. The third kappa shape index (κ3) is 4.78. The highest BCUT2D eigenvalue weighted by Crippen LogP contribution is 2.32. The second-order valence-corrected chi connectivity index (χ2v) is 8.25. The number of aryl methyl sites for hydroxylation is 1. The smallest absolute Gasteiger partial charge is 0.228 e. The minimum Gasteiger partial charge on any atom is -0.392 e. The number of rotatable bonds is 6. The predicted molar refractivity (Wildman–Crippen MR) is 141 cm³/mol. The standard InChI is InChI=1S/C29H25N5O/c1-3-5-22-15-24(17-31-19(22)2)23-8-9-27-26(16-23)28(21-10-12-30-13-11-21)34-29(33-27)32-25-7-4-6-20(14-25)18-35/h3-17,35H,18H2,1-2H3,(H,32,33,34)/b5-3-. The highest BCUT2D eigenvalue weighted by molar-refractivity contribution is 5.96. The average Bonchev–Trinajstić information content (AvgIpc) is 2.90. The fourth-order valence-electron chi connectivity index (χ4n) is 4.03. The number of aliphatic hydroxyl groups excluding tert-OH is 1. The highest BCUT2D eigenvalue weighted by atomic mass is 16.3. The van der Waals surface area contributed by atoms with Crippen molar-refractivity contribution >= 4 is 28.6 Å². The van der Waals surface area contributed by atoms with E-state index < -0.39 is 0 Å². The third-order valence-electron chi connectivity index (χ3n) is 5.82. The van der Waals surface area contributed by atoms with E-state index in [0.29, 0.717) is 5.95 Å². The maximum Gasteiger partial charge on any atom is 0.228 e. The first-order valence-corrected chi connectivity index (χ1v) is 11.4. The normalized spacial score (nSPS) is 11.3. The lowest BCUT2D eigenvalue weighted by Crippen LogP contribution is -2.01. The van der Waals surface area contributed by atoms with Gasteiger partial charge in [0.05, 0.1) is 17.8 Å². The molecule has 0 aliphatic rings. The first kappa shape index (κ1) is 22.4. The van der Waals surface area contributed by atoms with Gasteiger partial charge in [0, 0.05) is 46.5 Å². The number of pyridine rings is 2. The molecule has 0 atom stereocenters. The minimum atomic E-state index is -0.0250. The van der Waals surface area contributed by atoms with Crippen molar-refractivity contribution in [3.63, 3.8) is 0 Å².